The van der Waals surface area contributed by atoms with Crippen LogP contribution < -0.4 is 10.5 Å². The number of primary amides is 1. The van der Waals surface area contributed by atoms with E-state index >= 15 is 0 Å². The van der Waals surface area contributed by atoms with Gasteiger partial charge in [0.1, 0.15) is 11.5 Å². The molecule has 126 valence electrons. The van der Waals surface area contributed by atoms with Crippen molar-refractivity contribution in [2.24, 2.45) is 10.7 Å². The standard InChI is InChI=1S/C20H19N3O2/c1-3-19(23-14(2)12-20(22)24)16-6-10-18(11-7-16)25-17-8-4-15(13-21)5-9-17/h3-11H,12H2,1-2H3,(H2,22,24)/b19-3-,23-14?. The van der Waals surface area contributed by atoms with E-state index in [1.54, 1.807) is 31.2 Å². The average Bonchev–Trinajstić information content (AvgIpc) is 2.60. The summed E-state index contributed by atoms with van der Waals surface area (Å²) in [4.78, 5) is 15.4. The zero-order valence-electron chi connectivity index (χ0n) is 14.2. The second-order valence-electron chi connectivity index (χ2n) is 5.43. The van der Waals surface area contributed by atoms with Gasteiger partial charge in [0.05, 0.1) is 23.8 Å². The molecule has 0 aromatic heterocycles. The lowest BCUT2D eigenvalue weighted by Crippen LogP contribution is -2.14. The number of amides is 1. The molecule has 2 rings (SSSR count). The van der Waals surface area contributed by atoms with Crippen LogP contribution in [0.1, 0.15) is 31.4 Å². The summed E-state index contributed by atoms with van der Waals surface area (Å²) >= 11 is 0. The molecular weight excluding hydrogens is 314 g/mol. The van der Waals surface area contributed by atoms with Crippen molar-refractivity contribution < 1.29 is 9.53 Å². The topological polar surface area (TPSA) is 88.5 Å². The van der Waals surface area contributed by atoms with Gasteiger partial charge in [-0.1, -0.05) is 6.08 Å². The zero-order chi connectivity index (χ0) is 18.2. The van der Waals surface area contributed by atoms with Crippen LogP contribution in [0.15, 0.2) is 59.6 Å². The van der Waals surface area contributed by atoms with Crippen molar-refractivity contribution in [2.45, 2.75) is 20.3 Å². The normalized spacial score (nSPS) is 11.7. The number of aliphatic imine (C=N–C) groups is 1. The van der Waals surface area contributed by atoms with Crippen LogP contribution in [0.4, 0.5) is 0 Å². The van der Waals surface area contributed by atoms with Crippen molar-refractivity contribution in [1.29, 1.82) is 5.26 Å². The Morgan fingerprint density at radius 1 is 1.16 bits per heavy atom. The van der Waals surface area contributed by atoms with Crippen LogP contribution in [0.5, 0.6) is 11.5 Å². The SMILES string of the molecule is C/C=C(\N=C(C)CC(N)=O)c1ccc(Oc2ccc(C#N)cc2)cc1. The van der Waals surface area contributed by atoms with Crippen molar-refractivity contribution in [1.82, 2.24) is 0 Å². The largest absolute Gasteiger partial charge is 0.457 e. The first kappa shape index (κ1) is 18.0. The van der Waals surface area contributed by atoms with E-state index in [2.05, 4.69) is 11.1 Å². The van der Waals surface area contributed by atoms with Crippen LogP contribution >= 0.6 is 0 Å². The van der Waals surface area contributed by atoms with E-state index in [4.69, 9.17) is 15.7 Å². The molecule has 0 aliphatic rings. The van der Waals surface area contributed by atoms with Crippen LogP contribution in [0, 0.1) is 11.3 Å². The quantitative estimate of drug-likeness (QED) is 0.809. The Morgan fingerprint density at radius 2 is 1.72 bits per heavy atom. The summed E-state index contributed by atoms with van der Waals surface area (Å²) in [6.07, 6.45) is 2.01. The summed E-state index contributed by atoms with van der Waals surface area (Å²) < 4.78 is 5.75. The molecule has 5 heteroatoms. The third-order valence-electron chi connectivity index (χ3n) is 3.38. The molecule has 2 aromatic carbocycles. The van der Waals surface area contributed by atoms with Crippen LogP contribution in [0.2, 0.25) is 0 Å². The Labute approximate surface area is 147 Å². The maximum atomic E-state index is 11.0. The fourth-order valence-electron chi connectivity index (χ4n) is 2.22. The molecule has 5 nitrogen and oxygen atoms in total. The number of nitrogens with two attached hydrogens (primary N) is 1. The lowest BCUT2D eigenvalue weighted by atomic mass is 10.1. The van der Waals surface area contributed by atoms with Crippen molar-refractivity contribution >= 4 is 17.3 Å². The number of ether oxygens (including phenoxy) is 1. The summed E-state index contributed by atoms with van der Waals surface area (Å²) in [7, 11) is 0. The maximum Gasteiger partial charge on any atom is 0.223 e. The fraction of sp³-hybridized carbons (Fsp3) is 0.150. The lowest BCUT2D eigenvalue weighted by Gasteiger charge is -2.08. The van der Waals surface area contributed by atoms with Gasteiger partial charge in [0.2, 0.25) is 5.91 Å². The Balaban J connectivity index is 2.12. The first-order chi connectivity index (χ1) is 12.0. The number of allylic oxidation sites excluding steroid dienone is 1. The molecule has 0 heterocycles. The fourth-order valence-corrected chi connectivity index (χ4v) is 2.22. The van der Waals surface area contributed by atoms with E-state index in [1.165, 1.54) is 0 Å². The van der Waals surface area contributed by atoms with Crippen LogP contribution in [0.25, 0.3) is 5.70 Å². The van der Waals surface area contributed by atoms with Gasteiger partial charge in [-0.2, -0.15) is 5.26 Å². The predicted octanol–water partition coefficient (Wildman–Crippen LogP) is 4.05. The Morgan fingerprint density at radius 3 is 2.20 bits per heavy atom. The molecule has 0 bridgehead atoms. The number of hydrogen-bond donors (Lipinski definition) is 1. The van der Waals surface area contributed by atoms with E-state index in [0.29, 0.717) is 22.8 Å². The predicted molar refractivity (Wildman–Crippen MR) is 98.2 cm³/mol. The van der Waals surface area contributed by atoms with E-state index in [1.807, 2.05) is 37.3 Å². The van der Waals surface area contributed by atoms with Crippen LogP contribution in [-0.4, -0.2) is 11.6 Å². The highest BCUT2D eigenvalue weighted by Gasteiger charge is 2.04. The number of rotatable bonds is 6. The van der Waals surface area contributed by atoms with E-state index in [0.717, 1.165) is 11.3 Å². The average molecular weight is 333 g/mol. The monoisotopic (exact) mass is 333 g/mol. The van der Waals surface area contributed by atoms with Crippen LogP contribution in [0.3, 0.4) is 0 Å². The van der Waals surface area contributed by atoms with Gasteiger partial charge < -0.3 is 10.5 Å². The van der Waals surface area contributed by atoms with Crippen molar-refractivity contribution in [3.8, 4) is 17.6 Å². The van der Waals surface area contributed by atoms with Crippen molar-refractivity contribution in [2.75, 3.05) is 0 Å². The van der Waals surface area contributed by atoms with Gasteiger partial charge >= 0.3 is 0 Å². The molecule has 0 spiro atoms. The maximum absolute atomic E-state index is 11.0. The van der Waals surface area contributed by atoms with Gasteiger partial charge in [0, 0.05) is 11.3 Å². The summed E-state index contributed by atoms with van der Waals surface area (Å²) in [5, 5.41) is 8.80. The Bertz CT molecular complexity index is 842. The van der Waals surface area contributed by atoms with Gasteiger partial charge in [-0.25, -0.2) is 0 Å². The molecule has 25 heavy (non-hydrogen) atoms. The number of carbonyl (C=O) groups is 1. The minimum Gasteiger partial charge on any atom is -0.457 e. The first-order valence-corrected chi connectivity index (χ1v) is 7.79. The second kappa shape index (κ2) is 8.46. The summed E-state index contributed by atoms with van der Waals surface area (Å²) in [6.45, 7) is 3.66. The Kier molecular flexibility index (Phi) is 6.08. The molecule has 0 atom stereocenters. The molecule has 0 aliphatic heterocycles. The summed E-state index contributed by atoms with van der Waals surface area (Å²) in [6, 6.07) is 16.5. The number of hydrogen-bond acceptors (Lipinski definition) is 4. The molecule has 0 fully saturated rings. The second-order valence-corrected chi connectivity index (χ2v) is 5.43. The third kappa shape index (κ3) is 5.33. The van der Waals surface area contributed by atoms with Gasteiger partial charge in [0.15, 0.2) is 0 Å². The summed E-state index contributed by atoms with van der Waals surface area (Å²) in [5.74, 6) is 0.943. The molecular formula is C20H19N3O2. The molecule has 0 unspecified atom stereocenters. The lowest BCUT2D eigenvalue weighted by molar-refractivity contribution is -0.116. The van der Waals surface area contributed by atoms with Crippen molar-refractivity contribution in [3.63, 3.8) is 0 Å². The van der Waals surface area contributed by atoms with E-state index in [-0.39, 0.29) is 6.42 Å². The Hall–Kier alpha value is -3.39. The van der Waals surface area contributed by atoms with Gasteiger partial charge in [0.25, 0.3) is 0 Å². The molecule has 2 N–H and O–H groups in total. The van der Waals surface area contributed by atoms with Gasteiger partial charge in [-0.15, -0.1) is 0 Å². The molecule has 1 amide bonds. The zero-order valence-corrected chi connectivity index (χ0v) is 14.2. The van der Waals surface area contributed by atoms with Gasteiger partial charge in [-0.3, -0.25) is 9.79 Å². The minimum absolute atomic E-state index is 0.136. The highest BCUT2D eigenvalue weighted by molar-refractivity contribution is 6.01. The van der Waals surface area contributed by atoms with Gasteiger partial charge in [-0.05, 0) is 62.4 Å². The van der Waals surface area contributed by atoms with E-state index in [9.17, 15) is 4.79 Å². The molecule has 2 aromatic rings. The minimum atomic E-state index is -0.400. The van der Waals surface area contributed by atoms with E-state index < -0.39 is 5.91 Å². The molecule has 0 saturated carbocycles. The molecule has 0 aliphatic carbocycles. The third-order valence-corrected chi connectivity index (χ3v) is 3.38. The number of nitrogens with zero attached hydrogens (tertiary/aromatic N) is 2. The number of nitriles is 1. The molecule has 0 saturated heterocycles. The number of carbonyl (C=O) groups excluding carboxylic acids is 1. The van der Waals surface area contributed by atoms with Crippen LogP contribution in [-0.2, 0) is 4.79 Å². The smallest absolute Gasteiger partial charge is 0.223 e. The highest BCUT2D eigenvalue weighted by Crippen LogP contribution is 2.24. The molecule has 0 radical (unpaired) electrons. The first-order valence-electron chi connectivity index (χ1n) is 7.79. The summed E-state index contributed by atoms with van der Waals surface area (Å²) in [5.41, 5.74) is 8.12. The number of benzene rings is 2. The highest BCUT2D eigenvalue weighted by atomic mass is 16.5. The van der Waals surface area contributed by atoms with Crippen molar-refractivity contribution in [3.05, 3.63) is 65.7 Å².